The first kappa shape index (κ1) is 14.6. The van der Waals surface area contributed by atoms with Gasteiger partial charge in [-0.3, -0.25) is 9.59 Å². The Kier molecular flexibility index (Phi) is 3.01. The Bertz CT molecular complexity index is 577. The lowest BCUT2D eigenvalue weighted by molar-refractivity contribution is -0.147. The molecule has 6 atom stereocenters. The summed E-state index contributed by atoms with van der Waals surface area (Å²) in [6.07, 6.45) is 7.24. The van der Waals surface area contributed by atoms with E-state index in [1.54, 1.807) is 0 Å². The van der Waals surface area contributed by atoms with Crippen molar-refractivity contribution in [3.8, 4) is 0 Å². The van der Waals surface area contributed by atoms with E-state index in [-0.39, 0.29) is 22.5 Å². The molecule has 0 amide bonds. The quantitative estimate of drug-likeness (QED) is 0.748. The van der Waals surface area contributed by atoms with Crippen LogP contribution in [0.15, 0.2) is 11.6 Å². The van der Waals surface area contributed by atoms with Crippen LogP contribution in [-0.4, -0.2) is 22.8 Å². The number of aliphatic hydroxyl groups is 1. The molecule has 1 N–H and O–H groups in total. The molecule has 0 saturated heterocycles. The van der Waals surface area contributed by atoms with E-state index in [9.17, 15) is 14.7 Å². The Morgan fingerprint density at radius 3 is 2.64 bits per heavy atom. The highest BCUT2D eigenvalue weighted by Crippen LogP contribution is 2.64. The van der Waals surface area contributed by atoms with Gasteiger partial charge in [-0.2, -0.15) is 0 Å². The van der Waals surface area contributed by atoms with E-state index in [0.717, 1.165) is 25.7 Å². The highest BCUT2D eigenvalue weighted by atomic mass is 16.3. The SMILES string of the molecule is C[C@]12CCC(=O)C=C1CC[C@@H]1C2C(O)C[C@]2(C)C(=O)CCC12. The van der Waals surface area contributed by atoms with Gasteiger partial charge in [0.15, 0.2) is 5.78 Å². The summed E-state index contributed by atoms with van der Waals surface area (Å²) in [6.45, 7) is 4.34. The largest absolute Gasteiger partial charge is 0.393 e. The standard InChI is InChI=1S/C19H26O3/c1-18-8-7-12(20)9-11(18)3-4-13-14-5-6-16(22)19(14,2)10-15(21)17(13)18/h9,13-15,17,21H,3-8,10H2,1-2H3/t13-,14?,15?,17?,18-,19-/m0/s1. The topological polar surface area (TPSA) is 54.4 Å². The lowest BCUT2D eigenvalue weighted by Crippen LogP contribution is -2.56. The number of carbonyl (C=O) groups excluding carboxylic acids is 2. The Balaban J connectivity index is 1.75. The summed E-state index contributed by atoms with van der Waals surface area (Å²) < 4.78 is 0. The minimum Gasteiger partial charge on any atom is -0.393 e. The number of fused-ring (bicyclic) bond motifs is 5. The van der Waals surface area contributed by atoms with E-state index >= 15 is 0 Å². The molecule has 0 aliphatic heterocycles. The monoisotopic (exact) mass is 302 g/mol. The van der Waals surface area contributed by atoms with Crippen molar-refractivity contribution in [3.05, 3.63) is 11.6 Å². The number of allylic oxidation sites excluding steroid dienone is 1. The summed E-state index contributed by atoms with van der Waals surface area (Å²) in [5.41, 5.74) is 0.920. The van der Waals surface area contributed by atoms with Crippen LogP contribution in [0.5, 0.6) is 0 Å². The van der Waals surface area contributed by atoms with E-state index in [0.29, 0.717) is 36.9 Å². The first-order chi connectivity index (χ1) is 10.4. The molecule has 4 aliphatic rings. The highest BCUT2D eigenvalue weighted by molar-refractivity contribution is 5.91. The number of ketones is 2. The van der Waals surface area contributed by atoms with Gasteiger partial charge >= 0.3 is 0 Å². The van der Waals surface area contributed by atoms with E-state index in [1.807, 2.05) is 6.08 Å². The van der Waals surface area contributed by atoms with Gasteiger partial charge in [-0.25, -0.2) is 0 Å². The molecular formula is C19H26O3. The maximum absolute atomic E-state index is 12.4. The fraction of sp³-hybridized carbons (Fsp3) is 0.789. The van der Waals surface area contributed by atoms with Gasteiger partial charge in [0.25, 0.3) is 0 Å². The highest BCUT2D eigenvalue weighted by Gasteiger charge is 2.61. The summed E-state index contributed by atoms with van der Waals surface area (Å²) >= 11 is 0. The van der Waals surface area contributed by atoms with Gasteiger partial charge in [-0.05, 0) is 61.3 Å². The number of hydrogen-bond acceptors (Lipinski definition) is 3. The number of carbonyl (C=O) groups is 2. The predicted molar refractivity (Wildman–Crippen MR) is 83.1 cm³/mol. The van der Waals surface area contributed by atoms with Crippen LogP contribution in [0, 0.1) is 28.6 Å². The van der Waals surface area contributed by atoms with Crippen LogP contribution < -0.4 is 0 Å². The van der Waals surface area contributed by atoms with Crippen molar-refractivity contribution in [2.75, 3.05) is 0 Å². The lowest BCUT2D eigenvalue weighted by Gasteiger charge is -2.58. The zero-order valence-corrected chi connectivity index (χ0v) is 13.6. The molecule has 0 aromatic heterocycles. The molecule has 0 aromatic carbocycles. The van der Waals surface area contributed by atoms with Crippen molar-refractivity contribution in [2.24, 2.45) is 28.6 Å². The second-order valence-corrected chi connectivity index (χ2v) is 8.54. The van der Waals surface area contributed by atoms with Crippen LogP contribution in [0.4, 0.5) is 0 Å². The molecule has 0 heterocycles. The molecule has 4 rings (SSSR count). The van der Waals surface area contributed by atoms with Crippen molar-refractivity contribution in [3.63, 3.8) is 0 Å². The third kappa shape index (κ3) is 1.72. The molecular weight excluding hydrogens is 276 g/mol. The van der Waals surface area contributed by atoms with Crippen LogP contribution in [-0.2, 0) is 9.59 Å². The molecule has 0 bridgehead atoms. The first-order valence-corrected chi connectivity index (χ1v) is 8.81. The van der Waals surface area contributed by atoms with E-state index in [4.69, 9.17) is 0 Å². The molecule has 0 aromatic rings. The minimum absolute atomic E-state index is 0.0385. The van der Waals surface area contributed by atoms with Gasteiger partial charge in [-0.15, -0.1) is 0 Å². The third-order valence-electron chi connectivity index (χ3n) is 7.61. The van der Waals surface area contributed by atoms with Crippen molar-refractivity contribution >= 4 is 11.6 Å². The fourth-order valence-electron chi connectivity index (χ4n) is 6.46. The van der Waals surface area contributed by atoms with Crippen molar-refractivity contribution < 1.29 is 14.7 Å². The molecule has 22 heavy (non-hydrogen) atoms. The number of Topliss-reactive ketones (excluding diaryl/α,β-unsaturated/α-hetero) is 1. The van der Waals surface area contributed by atoms with Crippen molar-refractivity contribution in [1.82, 2.24) is 0 Å². The summed E-state index contributed by atoms with van der Waals surface area (Å²) in [4.78, 5) is 24.2. The summed E-state index contributed by atoms with van der Waals surface area (Å²) in [6, 6.07) is 0. The first-order valence-electron chi connectivity index (χ1n) is 8.81. The summed E-state index contributed by atoms with van der Waals surface area (Å²) in [7, 11) is 0. The Morgan fingerprint density at radius 2 is 1.86 bits per heavy atom. The lowest BCUT2D eigenvalue weighted by atomic mass is 9.46. The molecule has 0 spiro atoms. The van der Waals surface area contributed by atoms with Crippen LogP contribution in [0.25, 0.3) is 0 Å². The maximum atomic E-state index is 12.4. The molecule has 3 heteroatoms. The van der Waals surface area contributed by atoms with Gasteiger partial charge in [0.1, 0.15) is 5.78 Å². The normalized spacial score (nSPS) is 51.0. The van der Waals surface area contributed by atoms with E-state index in [2.05, 4.69) is 13.8 Å². The molecule has 3 saturated carbocycles. The minimum atomic E-state index is -0.407. The van der Waals surface area contributed by atoms with Gasteiger partial charge in [0, 0.05) is 18.3 Å². The van der Waals surface area contributed by atoms with Gasteiger partial charge in [0.2, 0.25) is 0 Å². The number of rotatable bonds is 0. The predicted octanol–water partition coefficient (Wildman–Crippen LogP) is 3.06. The average molecular weight is 302 g/mol. The van der Waals surface area contributed by atoms with Crippen LogP contribution in [0.3, 0.4) is 0 Å². The second kappa shape index (κ2) is 4.53. The fourth-order valence-corrected chi connectivity index (χ4v) is 6.46. The zero-order chi connectivity index (χ0) is 15.7. The van der Waals surface area contributed by atoms with Gasteiger partial charge in [0.05, 0.1) is 6.10 Å². The zero-order valence-electron chi connectivity index (χ0n) is 13.6. The van der Waals surface area contributed by atoms with Crippen molar-refractivity contribution in [1.29, 1.82) is 0 Å². The second-order valence-electron chi connectivity index (χ2n) is 8.54. The summed E-state index contributed by atoms with van der Waals surface area (Å²) in [5.74, 6) is 1.71. The molecule has 3 fully saturated rings. The molecule has 3 nitrogen and oxygen atoms in total. The van der Waals surface area contributed by atoms with Crippen LogP contribution in [0.2, 0.25) is 0 Å². The third-order valence-corrected chi connectivity index (χ3v) is 7.61. The Hall–Kier alpha value is -0.960. The van der Waals surface area contributed by atoms with Crippen LogP contribution in [0.1, 0.15) is 58.8 Å². The number of hydrogen-bond donors (Lipinski definition) is 1. The molecule has 0 radical (unpaired) electrons. The Morgan fingerprint density at radius 1 is 1.09 bits per heavy atom. The van der Waals surface area contributed by atoms with E-state index in [1.165, 1.54) is 5.57 Å². The maximum Gasteiger partial charge on any atom is 0.155 e. The number of aliphatic hydroxyl groups excluding tert-OH is 1. The van der Waals surface area contributed by atoms with Gasteiger partial charge in [-0.1, -0.05) is 19.4 Å². The van der Waals surface area contributed by atoms with Crippen molar-refractivity contribution in [2.45, 2.75) is 64.9 Å². The van der Waals surface area contributed by atoms with Crippen LogP contribution >= 0.6 is 0 Å². The smallest absolute Gasteiger partial charge is 0.155 e. The summed E-state index contributed by atoms with van der Waals surface area (Å²) in [5, 5.41) is 10.9. The molecule has 3 unspecified atom stereocenters. The average Bonchev–Trinajstić information content (AvgIpc) is 2.75. The van der Waals surface area contributed by atoms with E-state index < -0.39 is 6.10 Å². The molecule has 120 valence electrons. The van der Waals surface area contributed by atoms with Gasteiger partial charge < -0.3 is 5.11 Å². The Labute approximate surface area is 132 Å². The molecule has 4 aliphatic carbocycles.